The second-order valence-electron chi connectivity index (χ2n) is 4.52. The molecule has 3 nitrogen and oxygen atoms in total. The van der Waals surface area contributed by atoms with Gasteiger partial charge in [-0.3, -0.25) is 0 Å². The quantitative estimate of drug-likeness (QED) is 0.877. The Bertz CT molecular complexity index is 440. The zero-order valence-electron chi connectivity index (χ0n) is 10.8. The molecule has 0 radical (unpaired) electrons. The van der Waals surface area contributed by atoms with Crippen molar-refractivity contribution >= 4 is 9.84 Å². The van der Waals surface area contributed by atoms with E-state index < -0.39 is 15.1 Å². The average Bonchev–Trinajstić information content (AvgIpc) is 2.31. The molecule has 0 aliphatic rings. The largest absolute Gasteiger partial charge is 0.312 e. The first-order valence-corrected chi connectivity index (χ1v) is 7.47. The molecule has 96 valence electrons. The molecule has 0 aliphatic carbocycles. The number of hydrogen-bond donors (Lipinski definition) is 1. The van der Waals surface area contributed by atoms with Crippen LogP contribution in [0.25, 0.3) is 0 Å². The summed E-state index contributed by atoms with van der Waals surface area (Å²) < 4.78 is 24.3. The molecule has 1 N–H and O–H groups in total. The van der Waals surface area contributed by atoms with Gasteiger partial charge in [-0.15, -0.1) is 0 Å². The average molecular weight is 255 g/mol. The minimum Gasteiger partial charge on any atom is -0.312 e. The van der Waals surface area contributed by atoms with Crippen molar-refractivity contribution < 1.29 is 8.42 Å². The van der Waals surface area contributed by atoms with Gasteiger partial charge in [-0.2, -0.15) is 0 Å². The Hall–Kier alpha value is -0.870. The number of rotatable bonds is 5. The highest BCUT2D eigenvalue weighted by molar-refractivity contribution is 7.92. The van der Waals surface area contributed by atoms with Crippen molar-refractivity contribution in [1.82, 2.24) is 5.32 Å². The second-order valence-corrected chi connectivity index (χ2v) is 7.38. The predicted octanol–water partition coefficient (Wildman–Crippen LogP) is 2.16. The summed E-state index contributed by atoms with van der Waals surface area (Å²) in [5.41, 5.74) is 1.01. The van der Waals surface area contributed by atoms with E-state index in [9.17, 15) is 8.42 Å². The van der Waals surface area contributed by atoms with E-state index in [0.717, 1.165) is 5.56 Å². The van der Waals surface area contributed by atoms with Gasteiger partial charge < -0.3 is 5.32 Å². The third-order valence-electron chi connectivity index (χ3n) is 3.11. The molecule has 1 rings (SSSR count). The van der Waals surface area contributed by atoms with Crippen LogP contribution in [0.3, 0.4) is 0 Å². The maximum Gasteiger partial charge on any atom is 0.157 e. The Labute approximate surface area is 104 Å². The van der Waals surface area contributed by atoms with Gasteiger partial charge in [0.1, 0.15) is 0 Å². The smallest absolute Gasteiger partial charge is 0.157 e. The fraction of sp³-hybridized carbons (Fsp3) is 0.538. The third-order valence-corrected chi connectivity index (χ3v) is 5.74. The van der Waals surface area contributed by atoms with Gasteiger partial charge in [0.2, 0.25) is 0 Å². The fourth-order valence-corrected chi connectivity index (χ4v) is 3.48. The number of benzene rings is 1. The molecule has 0 saturated carbocycles. The minimum absolute atomic E-state index is 0.163. The van der Waals surface area contributed by atoms with Crippen molar-refractivity contribution in [3.63, 3.8) is 0 Å². The highest BCUT2D eigenvalue weighted by Gasteiger charge is 2.31. The molecule has 0 aromatic heterocycles. The van der Waals surface area contributed by atoms with E-state index in [4.69, 9.17) is 0 Å². The summed E-state index contributed by atoms with van der Waals surface area (Å²) in [6.07, 6.45) is 0. The van der Waals surface area contributed by atoms with Gasteiger partial charge in [0.05, 0.1) is 10.5 Å². The summed E-state index contributed by atoms with van der Waals surface area (Å²) >= 11 is 0. The van der Waals surface area contributed by atoms with E-state index in [-0.39, 0.29) is 11.3 Å². The summed E-state index contributed by atoms with van der Waals surface area (Å²) in [7, 11) is -1.30. The van der Waals surface area contributed by atoms with Crippen LogP contribution in [-0.4, -0.2) is 26.0 Å². The molecule has 1 aromatic carbocycles. The van der Waals surface area contributed by atoms with Crippen LogP contribution in [0.5, 0.6) is 0 Å². The van der Waals surface area contributed by atoms with Crippen LogP contribution < -0.4 is 5.32 Å². The van der Waals surface area contributed by atoms with Crippen LogP contribution in [0.15, 0.2) is 30.3 Å². The normalized spacial score (nSPS) is 15.8. The maximum absolute atomic E-state index is 12.2. The number of hydrogen-bond acceptors (Lipinski definition) is 3. The molecule has 0 aliphatic heterocycles. The molecular formula is C13H21NO2S. The van der Waals surface area contributed by atoms with E-state index in [2.05, 4.69) is 5.32 Å². The summed E-state index contributed by atoms with van der Waals surface area (Å²) in [5.74, 6) is 0. The second kappa shape index (κ2) is 5.65. The van der Waals surface area contributed by atoms with Crippen molar-refractivity contribution in [3.05, 3.63) is 35.9 Å². The molecule has 4 heteroatoms. The molecule has 0 saturated heterocycles. The van der Waals surface area contributed by atoms with Crippen LogP contribution in [0, 0.1) is 0 Å². The van der Waals surface area contributed by atoms with Crippen molar-refractivity contribution in [2.75, 3.05) is 7.05 Å². The standard InChI is InChI=1S/C13H21NO2S/c1-10(2)17(15,16)11(3)13(14-4)12-8-6-5-7-9-12/h5-11,13-14H,1-4H3. The Morgan fingerprint density at radius 1 is 1.06 bits per heavy atom. The van der Waals surface area contributed by atoms with E-state index in [1.807, 2.05) is 30.3 Å². The van der Waals surface area contributed by atoms with Crippen LogP contribution in [-0.2, 0) is 9.84 Å². The molecule has 0 amide bonds. The highest BCUT2D eigenvalue weighted by atomic mass is 32.2. The van der Waals surface area contributed by atoms with Gasteiger partial charge in [0.25, 0.3) is 0 Å². The lowest BCUT2D eigenvalue weighted by molar-refractivity contribution is 0.524. The molecule has 0 spiro atoms. The molecule has 1 aromatic rings. The van der Waals surface area contributed by atoms with E-state index in [1.165, 1.54) is 0 Å². The zero-order chi connectivity index (χ0) is 13.1. The summed E-state index contributed by atoms with van der Waals surface area (Å²) in [5, 5.41) is 2.31. The summed E-state index contributed by atoms with van der Waals surface area (Å²) in [4.78, 5) is 0. The lowest BCUT2D eigenvalue weighted by Crippen LogP contribution is -2.37. The Balaban J connectivity index is 3.05. The SMILES string of the molecule is CNC(c1ccccc1)C(C)S(=O)(=O)C(C)C. The van der Waals surface area contributed by atoms with Crippen LogP contribution in [0.2, 0.25) is 0 Å². The fourth-order valence-electron chi connectivity index (χ4n) is 1.95. The molecule has 17 heavy (non-hydrogen) atoms. The number of nitrogens with one attached hydrogen (secondary N) is 1. The highest BCUT2D eigenvalue weighted by Crippen LogP contribution is 2.24. The lowest BCUT2D eigenvalue weighted by Gasteiger charge is -2.25. The summed E-state index contributed by atoms with van der Waals surface area (Å²) in [6.45, 7) is 5.22. The molecule has 0 heterocycles. The molecule has 0 fully saturated rings. The molecule has 0 bridgehead atoms. The predicted molar refractivity (Wildman–Crippen MR) is 71.8 cm³/mol. The van der Waals surface area contributed by atoms with Gasteiger partial charge in [0.15, 0.2) is 9.84 Å². The maximum atomic E-state index is 12.2. The van der Waals surface area contributed by atoms with Crippen LogP contribution >= 0.6 is 0 Å². The van der Waals surface area contributed by atoms with Crippen LogP contribution in [0.4, 0.5) is 0 Å². The lowest BCUT2D eigenvalue weighted by atomic mass is 10.0. The van der Waals surface area contributed by atoms with Gasteiger partial charge in [-0.25, -0.2) is 8.42 Å². The Kier molecular flexibility index (Phi) is 4.71. The van der Waals surface area contributed by atoms with Crippen molar-refractivity contribution in [2.24, 2.45) is 0 Å². The zero-order valence-corrected chi connectivity index (χ0v) is 11.7. The minimum atomic E-state index is -3.10. The summed E-state index contributed by atoms with van der Waals surface area (Å²) in [6, 6.07) is 9.52. The van der Waals surface area contributed by atoms with Gasteiger partial charge in [0, 0.05) is 6.04 Å². The van der Waals surface area contributed by atoms with Crippen molar-refractivity contribution in [1.29, 1.82) is 0 Å². The van der Waals surface area contributed by atoms with Gasteiger partial charge in [-0.05, 0) is 33.4 Å². The first kappa shape index (κ1) is 14.2. The molecular weight excluding hydrogens is 234 g/mol. The first-order valence-electron chi connectivity index (χ1n) is 5.86. The van der Waals surface area contributed by atoms with E-state index >= 15 is 0 Å². The van der Waals surface area contributed by atoms with E-state index in [0.29, 0.717) is 0 Å². The number of sulfone groups is 1. The van der Waals surface area contributed by atoms with E-state index in [1.54, 1.807) is 27.8 Å². The molecule has 2 atom stereocenters. The van der Waals surface area contributed by atoms with Gasteiger partial charge in [-0.1, -0.05) is 30.3 Å². The van der Waals surface area contributed by atoms with Crippen molar-refractivity contribution in [2.45, 2.75) is 37.3 Å². The van der Waals surface area contributed by atoms with Crippen LogP contribution in [0.1, 0.15) is 32.4 Å². The Morgan fingerprint density at radius 2 is 1.59 bits per heavy atom. The monoisotopic (exact) mass is 255 g/mol. The Morgan fingerprint density at radius 3 is 2.00 bits per heavy atom. The first-order chi connectivity index (χ1) is 7.91. The van der Waals surface area contributed by atoms with Gasteiger partial charge >= 0.3 is 0 Å². The van der Waals surface area contributed by atoms with Crippen molar-refractivity contribution in [3.8, 4) is 0 Å². The molecule has 2 unspecified atom stereocenters. The topological polar surface area (TPSA) is 46.2 Å². The third kappa shape index (κ3) is 3.07.